The molecule has 0 radical (unpaired) electrons. The molecule has 3 rings (SSSR count). The van der Waals surface area contributed by atoms with Crippen molar-refractivity contribution >= 4 is 21.6 Å². The zero-order valence-electron chi connectivity index (χ0n) is 25.0. The van der Waals surface area contributed by atoms with E-state index >= 15 is 0 Å². The number of amides is 1. The number of fused-ring (bicyclic) bond motifs is 1. The molecule has 0 saturated carbocycles. The number of hydrogen-bond acceptors (Lipinski definition) is 8. The molecule has 1 aliphatic rings. The average Bonchev–Trinajstić information content (AvgIpc) is 2.94. The van der Waals surface area contributed by atoms with Crippen molar-refractivity contribution in [2.45, 2.75) is 63.2 Å². The number of ether oxygens (including phenoxy) is 3. The van der Waals surface area contributed by atoms with Crippen molar-refractivity contribution in [2.75, 3.05) is 52.2 Å². The summed E-state index contributed by atoms with van der Waals surface area (Å²) in [4.78, 5) is 17.9. The summed E-state index contributed by atoms with van der Waals surface area (Å²) in [7, 11) is 1.55. The van der Waals surface area contributed by atoms with E-state index < -0.39 is 16.1 Å². The molecule has 2 N–H and O–H groups in total. The molecule has 10 nitrogen and oxygen atoms in total. The summed E-state index contributed by atoms with van der Waals surface area (Å²) in [5.74, 6) is 0.526. The number of rotatable bonds is 8. The minimum absolute atomic E-state index is 0.0293. The van der Waals surface area contributed by atoms with Crippen molar-refractivity contribution in [2.24, 2.45) is 5.92 Å². The number of sulfonamides is 1. The number of carbonyl (C=O) groups excluding carboxylic acids is 1. The van der Waals surface area contributed by atoms with Gasteiger partial charge in [0.1, 0.15) is 11.5 Å². The van der Waals surface area contributed by atoms with Crippen LogP contribution in [0.1, 0.15) is 50.4 Å². The van der Waals surface area contributed by atoms with Gasteiger partial charge in [-0.15, -0.1) is 0 Å². The number of nitrogens with zero attached hydrogens (tertiary/aromatic N) is 2. The van der Waals surface area contributed by atoms with Crippen LogP contribution in [-0.2, 0) is 14.8 Å². The Balaban J connectivity index is 2.01. The molecular formula is C30H45N3O7S. The molecule has 228 valence electrons. The van der Waals surface area contributed by atoms with E-state index in [1.807, 2.05) is 27.9 Å². The Morgan fingerprint density at radius 1 is 1.15 bits per heavy atom. The van der Waals surface area contributed by atoms with Gasteiger partial charge >= 0.3 is 0 Å². The molecule has 11 heteroatoms. The Labute approximate surface area is 244 Å². The van der Waals surface area contributed by atoms with Crippen LogP contribution in [-0.4, -0.2) is 95.0 Å². The van der Waals surface area contributed by atoms with Crippen molar-refractivity contribution in [3.8, 4) is 11.5 Å². The van der Waals surface area contributed by atoms with Crippen LogP contribution in [0.3, 0.4) is 0 Å². The molecule has 0 fully saturated rings. The van der Waals surface area contributed by atoms with E-state index in [-0.39, 0.29) is 46.8 Å². The molecule has 41 heavy (non-hydrogen) atoms. The summed E-state index contributed by atoms with van der Waals surface area (Å²) < 4.78 is 46.5. The maximum absolute atomic E-state index is 14.1. The van der Waals surface area contributed by atoms with Gasteiger partial charge in [0.2, 0.25) is 0 Å². The lowest BCUT2D eigenvalue weighted by Gasteiger charge is -2.35. The smallest absolute Gasteiger partial charge is 0.261 e. The van der Waals surface area contributed by atoms with E-state index in [0.717, 1.165) is 19.3 Å². The fourth-order valence-corrected chi connectivity index (χ4v) is 5.83. The number of hydrogen-bond donors (Lipinski definition) is 2. The van der Waals surface area contributed by atoms with Crippen molar-refractivity contribution in [3.63, 3.8) is 0 Å². The maximum Gasteiger partial charge on any atom is 0.261 e. The minimum atomic E-state index is -3.94. The van der Waals surface area contributed by atoms with Gasteiger partial charge in [-0.25, -0.2) is 8.42 Å². The van der Waals surface area contributed by atoms with E-state index in [1.165, 1.54) is 25.3 Å². The van der Waals surface area contributed by atoms with Crippen LogP contribution < -0.4 is 14.2 Å². The second kappa shape index (κ2) is 14.9. The second-order valence-electron chi connectivity index (χ2n) is 11.1. The third kappa shape index (κ3) is 9.06. The van der Waals surface area contributed by atoms with Crippen LogP contribution >= 0.6 is 0 Å². The number of anilines is 1. The largest absolute Gasteiger partial charge is 0.497 e. The van der Waals surface area contributed by atoms with Crippen LogP contribution in [0.5, 0.6) is 11.5 Å². The van der Waals surface area contributed by atoms with Gasteiger partial charge in [0.15, 0.2) is 0 Å². The summed E-state index contributed by atoms with van der Waals surface area (Å²) in [5, 5.41) is 10.1. The van der Waals surface area contributed by atoms with Crippen molar-refractivity contribution in [1.82, 2.24) is 9.80 Å². The summed E-state index contributed by atoms with van der Waals surface area (Å²) in [6.07, 6.45) is 2.28. The highest BCUT2D eigenvalue weighted by Gasteiger charge is 2.30. The number of carbonyl (C=O) groups is 1. The summed E-state index contributed by atoms with van der Waals surface area (Å²) >= 11 is 0. The highest BCUT2D eigenvalue weighted by atomic mass is 32.2. The first-order valence-electron chi connectivity index (χ1n) is 14.1. The van der Waals surface area contributed by atoms with Crippen molar-refractivity contribution in [3.05, 3.63) is 48.0 Å². The Bertz CT molecular complexity index is 1240. The van der Waals surface area contributed by atoms with Gasteiger partial charge in [-0.3, -0.25) is 9.52 Å². The molecule has 0 unspecified atom stereocenters. The lowest BCUT2D eigenvalue weighted by Crippen LogP contribution is -2.47. The number of likely N-dealkylation sites (N-methyl/N-ethyl adjacent to an activating group) is 1. The van der Waals surface area contributed by atoms with Crippen LogP contribution in [0.25, 0.3) is 0 Å². The minimum Gasteiger partial charge on any atom is -0.497 e. The molecule has 0 aliphatic carbocycles. The van der Waals surface area contributed by atoms with Gasteiger partial charge in [0, 0.05) is 31.3 Å². The van der Waals surface area contributed by atoms with Crippen LogP contribution in [0, 0.1) is 5.92 Å². The first-order valence-corrected chi connectivity index (χ1v) is 15.6. The zero-order chi connectivity index (χ0) is 30.2. The number of nitrogens with one attached hydrogen (secondary N) is 1. The Morgan fingerprint density at radius 2 is 1.85 bits per heavy atom. The third-order valence-corrected chi connectivity index (χ3v) is 8.62. The van der Waals surface area contributed by atoms with Gasteiger partial charge < -0.3 is 29.1 Å². The normalized spacial score (nSPS) is 21.9. The molecule has 0 saturated heterocycles. The Morgan fingerprint density at radius 3 is 2.49 bits per heavy atom. The van der Waals surface area contributed by atoms with Crippen LogP contribution in [0.4, 0.5) is 5.69 Å². The number of aliphatic hydroxyl groups is 1. The van der Waals surface area contributed by atoms with E-state index in [9.17, 15) is 18.3 Å². The summed E-state index contributed by atoms with van der Waals surface area (Å²) in [6.45, 7) is 7.21. The predicted molar refractivity (Wildman–Crippen MR) is 159 cm³/mol. The molecule has 0 aromatic heterocycles. The van der Waals surface area contributed by atoms with Gasteiger partial charge in [-0.05, 0) is 89.7 Å². The molecule has 4 atom stereocenters. The number of aliphatic hydroxyl groups excluding tert-OH is 1. The van der Waals surface area contributed by atoms with Gasteiger partial charge in [0.25, 0.3) is 15.9 Å². The van der Waals surface area contributed by atoms with E-state index in [1.54, 1.807) is 36.1 Å². The predicted octanol–water partition coefficient (Wildman–Crippen LogP) is 3.85. The molecular weight excluding hydrogens is 546 g/mol. The van der Waals surface area contributed by atoms with E-state index in [0.29, 0.717) is 31.2 Å². The van der Waals surface area contributed by atoms with Gasteiger partial charge in [-0.2, -0.15) is 0 Å². The quantitative estimate of drug-likeness (QED) is 0.476. The fraction of sp³-hybridized carbons (Fsp3) is 0.567. The molecule has 0 spiro atoms. The van der Waals surface area contributed by atoms with Crippen molar-refractivity contribution in [1.29, 1.82) is 0 Å². The second-order valence-corrected chi connectivity index (χ2v) is 12.7. The standard InChI is InChI=1S/C30H45N3O7S/c1-21-18-33(22(2)20-34)30(35)27-17-24(31-41(36,37)26-13-11-25(38-6)12-14-26)10-15-28(27)40-23(3)9-7-8-16-39-29(21)19-32(4)5/h10-15,17,21-23,29,31,34H,7-9,16,18-20H2,1-6H3/t21-,22+,23-,29-/m0/s1. The van der Waals surface area contributed by atoms with E-state index in [2.05, 4.69) is 9.62 Å². The highest BCUT2D eigenvalue weighted by Crippen LogP contribution is 2.29. The molecule has 1 amide bonds. The lowest BCUT2D eigenvalue weighted by atomic mass is 10.0. The highest BCUT2D eigenvalue weighted by molar-refractivity contribution is 7.92. The molecule has 2 aromatic rings. The molecule has 1 heterocycles. The topological polar surface area (TPSA) is 118 Å². The number of methoxy groups -OCH3 is 1. The maximum atomic E-state index is 14.1. The Hall–Kier alpha value is -2.86. The molecule has 1 aliphatic heterocycles. The average molecular weight is 592 g/mol. The van der Waals surface area contributed by atoms with Crippen LogP contribution in [0.2, 0.25) is 0 Å². The summed E-state index contributed by atoms with van der Waals surface area (Å²) in [5.41, 5.74) is 0.449. The molecule has 2 aromatic carbocycles. The Kier molecular flexibility index (Phi) is 11.8. The first kappa shape index (κ1) is 32.7. The monoisotopic (exact) mass is 591 g/mol. The molecule has 0 bridgehead atoms. The van der Waals surface area contributed by atoms with Gasteiger partial charge in [0.05, 0.1) is 42.4 Å². The lowest BCUT2D eigenvalue weighted by molar-refractivity contribution is -0.0137. The first-order chi connectivity index (χ1) is 19.4. The van der Waals surface area contributed by atoms with Gasteiger partial charge in [-0.1, -0.05) is 6.92 Å². The van der Waals surface area contributed by atoms with Crippen molar-refractivity contribution < 1.29 is 32.5 Å². The number of benzene rings is 2. The summed E-state index contributed by atoms with van der Waals surface area (Å²) in [6, 6.07) is 10.3. The fourth-order valence-electron chi connectivity index (χ4n) is 4.78. The third-order valence-electron chi connectivity index (χ3n) is 7.22. The van der Waals surface area contributed by atoms with E-state index in [4.69, 9.17) is 14.2 Å². The van der Waals surface area contributed by atoms with Crippen LogP contribution in [0.15, 0.2) is 47.4 Å². The SMILES string of the molecule is COc1ccc(S(=O)(=O)Nc2ccc3c(c2)C(=O)N([C@H](C)CO)C[C@H](C)[C@H](CN(C)C)OCCCC[C@H](C)O3)cc1. The zero-order valence-corrected chi connectivity index (χ0v) is 25.8.